The van der Waals surface area contributed by atoms with E-state index in [0.29, 0.717) is 21.7 Å². The molecule has 4 aromatic carbocycles. The van der Waals surface area contributed by atoms with E-state index < -0.39 is 5.24 Å². The minimum atomic E-state index is -0.403. The van der Waals surface area contributed by atoms with Crippen molar-refractivity contribution < 1.29 is 9.59 Å². The molecule has 0 radical (unpaired) electrons. The Morgan fingerprint density at radius 2 is 1.21 bits per heavy atom. The number of carbonyl (C=O) groups excluding carboxylic acids is 2. The van der Waals surface area contributed by atoms with Crippen LogP contribution in [0.5, 0.6) is 0 Å². The van der Waals surface area contributed by atoms with Gasteiger partial charge in [-0.2, -0.15) is 0 Å². The van der Waals surface area contributed by atoms with Gasteiger partial charge in [-0.25, -0.2) is 0 Å². The highest BCUT2D eigenvalue weighted by Gasteiger charge is 2.14. The average Bonchev–Trinajstić information content (AvgIpc) is 3.56. The van der Waals surface area contributed by atoms with Crippen molar-refractivity contribution in [3.8, 4) is 0 Å². The Balaban J connectivity index is 0.000000149. The monoisotopic (exact) mass is 574 g/mol. The van der Waals surface area contributed by atoms with Crippen LogP contribution in [-0.2, 0) is 0 Å². The second kappa shape index (κ2) is 12.8. The number of aryl methyl sites for hydroxylation is 2. The molecule has 0 unspecified atom stereocenters. The third-order valence-electron chi connectivity index (χ3n) is 6.00. The summed E-state index contributed by atoms with van der Waals surface area (Å²) in [6.07, 6.45) is 3.64. The summed E-state index contributed by atoms with van der Waals surface area (Å²) < 4.78 is 0. The summed E-state index contributed by atoms with van der Waals surface area (Å²) in [4.78, 5) is 29.2. The van der Waals surface area contributed by atoms with E-state index in [4.69, 9.17) is 34.8 Å². The minimum Gasteiger partial charge on any atom is -0.361 e. The van der Waals surface area contributed by atoms with Crippen molar-refractivity contribution in [3.05, 3.63) is 141 Å². The number of hydrogen-bond acceptors (Lipinski definition) is 2. The third kappa shape index (κ3) is 7.39. The largest absolute Gasteiger partial charge is 0.361 e. The fourth-order valence-electron chi connectivity index (χ4n) is 3.85. The van der Waals surface area contributed by atoms with Gasteiger partial charge in [0.05, 0.1) is 0 Å². The molecule has 0 saturated carbocycles. The zero-order chi connectivity index (χ0) is 27.9. The summed E-state index contributed by atoms with van der Waals surface area (Å²) in [5.41, 5.74) is 6.20. The maximum Gasteiger partial charge on any atom is 0.252 e. The second-order valence-electron chi connectivity index (χ2n) is 8.94. The van der Waals surface area contributed by atoms with E-state index in [1.165, 1.54) is 0 Å². The van der Waals surface area contributed by atoms with E-state index in [1.807, 2.05) is 92.8 Å². The van der Waals surface area contributed by atoms with Gasteiger partial charge in [-0.15, -0.1) is 0 Å². The molecule has 0 bridgehead atoms. The summed E-state index contributed by atoms with van der Waals surface area (Å²) in [5, 5.41) is 3.03. The standard InChI is InChI=1S/C16H12ClNO.C8H6ClN.C8H7ClO/c1-10-2-4-11(5-3-10)16(19)14-9-18-15-7-6-12(17)8-13(14)15;9-7-1-2-8-6(5-7)3-4-10-8;1-6-2-4-7(5-3-6)8(9)10/h2-9,18H,1H3;1-5,10H;2-5H,1H3. The fourth-order valence-corrected chi connectivity index (χ4v) is 4.33. The molecule has 0 amide bonds. The summed E-state index contributed by atoms with van der Waals surface area (Å²) >= 11 is 17.0. The van der Waals surface area contributed by atoms with E-state index in [9.17, 15) is 9.59 Å². The Labute approximate surface area is 241 Å². The second-order valence-corrected chi connectivity index (χ2v) is 10.2. The Bertz CT molecular complexity index is 1730. The van der Waals surface area contributed by atoms with Gasteiger partial charge in [0.2, 0.25) is 0 Å². The van der Waals surface area contributed by atoms with Crippen LogP contribution in [0.1, 0.15) is 37.4 Å². The predicted molar refractivity (Wildman–Crippen MR) is 163 cm³/mol. The number of hydrogen-bond donors (Lipinski definition) is 2. The van der Waals surface area contributed by atoms with E-state index in [1.54, 1.807) is 24.4 Å². The molecule has 2 aromatic heterocycles. The summed E-state index contributed by atoms with van der Waals surface area (Å²) in [7, 11) is 0. The van der Waals surface area contributed by atoms with Gasteiger partial charge in [-0.3, -0.25) is 9.59 Å². The van der Waals surface area contributed by atoms with Gasteiger partial charge < -0.3 is 9.97 Å². The molecular formula is C32H25Cl3N2O2. The molecule has 2 heterocycles. The average molecular weight is 576 g/mol. The van der Waals surface area contributed by atoms with Crippen molar-refractivity contribution in [2.24, 2.45) is 0 Å². The first-order valence-electron chi connectivity index (χ1n) is 12.1. The number of fused-ring (bicyclic) bond motifs is 2. The highest BCUT2D eigenvalue weighted by molar-refractivity contribution is 6.67. The highest BCUT2D eigenvalue weighted by Crippen LogP contribution is 2.24. The van der Waals surface area contributed by atoms with Crippen molar-refractivity contribution >= 4 is 67.6 Å². The van der Waals surface area contributed by atoms with Crippen molar-refractivity contribution in [1.82, 2.24) is 9.97 Å². The number of halogens is 3. The lowest BCUT2D eigenvalue weighted by atomic mass is 10.0. The van der Waals surface area contributed by atoms with Crippen molar-refractivity contribution in [1.29, 1.82) is 0 Å². The smallest absolute Gasteiger partial charge is 0.252 e. The predicted octanol–water partition coefficient (Wildman–Crippen LogP) is 9.56. The van der Waals surface area contributed by atoms with Crippen LogP contribution in [0.3, 0.4) is 0 Å². The lowest BCUT2D eigenvalue weighted by Crippen LogP contribution is -2.00. The molecular weight excluding hydrogens is 551 g/mol. The van der Waals surface area contributed by atoms with Crippen LogP contribution in [-0.4, -0.2) is 21.0 Å². The first-order valence-corrected chi connectivity index (χ1v) is 13.2. The SMILES string of the molecule is Cc1ccc(C(=O)Cl)cc1.Cc1ccc(C(=O)c2c[nH]c3ccc(Cl)cc23)cc1.Clc1ccc2[nH]ccc2c1. The molecule has 0 atom stereocenters. The quantitative estimate of drug-likeness (QED) is 0.163. The number of ketones is 1. The molecule has 4 nitrogen and oxygen atoms in total. The number of benzene rings is 4. The maximum atomic E-state index is 12.5. The summed E-state index contributed by atoms with van der Waals surface area (Å²) in [6.45, 7) is 3.96. The zero-order valence-corrected chi connectivity index (χ0v) is 23.5. The Kier molecular flexibility index (Phi) is 9.26. The molecule has 0 aliphatic heterocycles. The van der Waals surface area contributed by atoms with Crippen molar-refractivity contribution in [2.75, 3.05) is 0 Å². The molecule has 0 saturated heterocycles. The van der Waals surface area contributed by atoms with Crippen LogP contribution >= 0.6 is 34.8 Å². The van der Waals surface area contributed by atoms with E-state index in [-0.39, 0.29) is 5.78 Å². The lowest BCUT2D eigenvalue weighted by Gasteiger charge is -2.01. The lowest BCUT2D eigenvalue weighted by molar-refractivity contribution is 0.103. The first kappa shape index (κ1) is 28.2. The third-order valence-corrected chi connectivity index (χ3v) is 6.68. The van der Waals surface area contributed by atoms with Crippen LogP contribution < -0.4 is 0 Å². The molecule has 0 spiro atoms. The van der Waals surface area contributed by atoms with Crippen molar-refractivity contribution in [2.45, 2.75) is 13.8 Å². The molecule has 0 fully saturated rings. The van der Waals surface area contributed by atoms with Gasteiger partial charge in [0, 0.05) is 60.9 Å². The van der Waals surface area contributed by atoms with Crippen molar-refractivity contribution in [3.63, 3.8) is 0 Å². The van der Waals surface area contributed by atoms with Crippen LogP contribution in [0.4, 0.5) is 0 Å². The van der Waals surface area contributed by atoms with Crippen LogP contribution in [0.15, 0.2) is 103 Å². The fraction of sp³-hybridized carbons (Fsp3) is 0.0625. The van der Waals surface area contributed by atoms with Gasteiger partial charge in [0.15, 0.2) is 5.78 Å². The number of rotatable bonds is 3. The maximum absolute atomic E-state index is 12.5. The summed E-state index contributed by atoms with van der Waals surface area (Å²) in [6, 6.07) is 28.0. The van der Waals surface area contributed by atoms with Crippen LogP contribution in [0.25, 0.3) is 21.8 Å². The molecule has 0 aliphatic carbocycles. The summed E-state index contributed by atoms with van der Waals surface area (Å²) in [5.74, 6) is 0.00789. The number of aromatic nitrogens is 2. The van der Waals surface area contributed by atoms with Crippen LogP contribution in [0, 0.1) is 13.8 Å². The van der Waals surface area contributed by atoms with Gasteiger partial charge in [-0.05, 0) is 80.0 Å². The molecule has 6 rings (SSSR count). The molecule has 196 valence electrons. The van der Waals surface area contributed by atoms with Gasteiger partial charge in [-0.1, -0.05) is 70.7 Å². The van der Waals surface area contributed by atoms with Gasteiger partial charge in [0.25, 0.3) is 5.24 Å². The van der Waals surface area contributed by atoms with E-state index >= 15 is 0 Å². The number of carbonyl (C=O) groups is 2. The molecule has 39 heavy (non-hydrogen) atoms. The molecule has 2 N–H and O–H groups in total. The number of aromatic amines is 2. The van der Waals surface area contributed by atoms with E-state index in [2.05, 4.69) is 9.97 Å². The molecule has 6 aromatic rings. The normalized spacial score (nSPS) is 10.4. The van der Waals surface area contributed by atoms with Gasteiger partial charge in [0.1, 0.15) is 0 Å². The zero-order valence-electron chi connectivity index (χ0n) is 21.3. The molecule has 0 aliphatic rings. The number of H-pyrrole nitrogens is 2. The highest BCUT2D eigenvalue weighted by atomic mass is 35.5. The van der Waals surface area contributed by atoms with E-state index in [0.717, 1.165) is 38.0 Å². The van der Waals surface area contributed by atoms with Gasteiger partial charge >= 0.3 is 0 Å². The minimum absolute atomic E-state index is 0.00789. The first-order chi connectivity index (χ1) is 18.7. The van der Waals surface area contributed by atoms with Crippen LogP contribution in [0.2, 0.25) is 10.0 Å². The number of nitrogens with one attached hydrogen (secondary N) is 2. The topological polar surface area (TPSA) is 65.7 Å². The Morgan fingerprint density at radius 1 is 0.641 bits per heavy atom. The Morgan fingerprint density at radius 3 is 1.82 bits per heavy atom. The Hall–Kier alpha value is -3.83. The molecule has 7 heteroatoms.